The summed E-state index contributed by atoms with van der Waals surface area (Å²) in [5.41, 5.74) is 8.13. The zero-order chi connectivity index (χ0) is 19.6. The number of anilines is 1. The topological polar surface area (TPSA) is 6.25 Å². The molecule has 2 aromatic carbocycles. The molecule has 0 bridgehead atoms. The van der Waals surface area contributed by atoms with Crippen LogP contribution in [-0.2, 0) is 5.41 Å². The first kappa shape index (κ1) is 19.4. The highest BCUT2D eigenvalue weighted by Gasteiger charge is 2.44. The summed E-state index contributed by atoms with van der Waals surface area (Å²) in [5.74, 6) is 0. The molecule has 1 heterocycles. The third kappa shape index (κ3) is 3.34. The molecule has 3 rings (SSSR count). The van der Waals surface area contributed by atoms with Gasteiger partial charge in [-0.2, -0.15) is 4.58 Å². The Kier molecular flexibility index (Phi) is 5.55. The first-order valence-electron chi connectivity index (χ1n) is 10.2. The van der Waals surface area contributed by atoms with E-state index in [9.17, 15) is 0 Å². The van der Waals surface area contributed by atoms with Gasteiger partial charge in [0.1, 0.15) is 7.05 Å². The smallest absolute Gasteiger partial charge is 0.209 e. The van der Waals surface area contributed by atoms with E-state index in [2.05, 4.69) is 106 Å². The summed E-state index contributed by atoms with van der Waals surface area (Å²) in [6, 6.07) is 15.6. The van der Waals surface area contributed by atoms with E-state index in [1.54, 1.807) is 0 Å². The Balaban J connectivity index is 1.96. The lowest BCUT2D eigenvalue weighted by Crippen LogP contribution is -2.29. The maximum absolute atomic E-state index is 2.39. The molecule has 2 aromatic rings. The van der Waals surface area contributed by atoms with Crippen molar-refractivity contribution in [2.45, 2.75) is 46.5 Å². The first-order chi connectivity index (χ1) is 13.0. The number of rotatable bonds is 6. The second kappa shape index (κ2) is 7.72. The fourth-order valence-corrected chi connectivity index (χ4v) is 4.34. The molecule has 142 valence electrons. The van der Waals surface area contributed by atoms with Crippen LogP contribution in [0.25, 0.3) is 6.08 Å². The van der Waals surface area contributed by atoms with Crippen molar-refractivity contribution in [1.29, 1.82) is 0 Å². The maximum atomic E-state index is 2.39. The van der Waals surface area contributed by atoms with Crippen LogP contribution in [0.1, 0.15) is 50.8 Å². The van der Waals surface area contributed by atoms with Gasteiger partial charge in [0.15, 0.2) is 5.71 Å². The summed E-state index contributed by atoms with van der Waals surface area (Å²) < 4.78 is 2.36. The highest BCUT2D eigenvalue weighted by molar-refractivity contribution is 6.05. The van der Waals surface area contributed by atoms with Crippen molar-refractivity contribution in [1.82, 2.24) is 0 Å². The molecule has 0 fully saturated rings. The molecule has 27 heavy (non-hydrogen) atoms. The van der Waals surface area contributed by atoms with Crippen molar-refractivity contribution in [3.8, 4) is 0 Å². The molecular formula is C25H33N2+. The quantitative estimate of drug-likeness (QED) is 0.576. The molecule has 0 spiro atoms. The van der Waals surface area contributed by atoms with Gasteiger partial charge in [0.05, 0.1) is 5.41 Å². The maximum Gasteiger partial charge on any atom is 0.209 e. The van der Waals surface area contributed by atoms with Crippen LogP contribution in [0, 0.1) is 6.92 Å². The number of benzene rings is 2. The van der Waals surface area contributed by atoms with E-state index < -0.39 is 0 Å². The predicted octanol–water partition coefficient (Wildman–Crippen LogP) is 5.95. The molecule has 0 aromatic heterocycles. The zero-order valence-electron chi connectivity index (χ0n) is 17.7. The Bertz CT molecular complexity index is 887. The summed E-state index contributed by atoms with van der Waals surface area (Å²) in [6.07, 6.45) is 5.70. The lowest BCUT2D eigenvalue weighted by atomic mass is 9.77. The summed E-state index contributed by atoms with van der Waals surface area (Å²) in [4.78, 5) is 2.39. The molecule has 0 aliphatic carbocycles. The molecule has 2 nitrogen and oxygen atoms in total. The Hall–Kier alpha value is -2.35. The molecule has 1 atom stereocenters. The van der Waals surface area contributed by atoms with Crippen LogP contribution in [0.5, 0.6) is 0 Å². The van der Waals surface area contributed by atoms with Crippen LogP contribution in [0.3, 0.4) is 0 Å². The van der Waals surface area contributed by atoms with Gasteiger partial charge in [0.2, 0.25) is 5.69 Å². The number of hydrogen-bond donors (Lipinski definition) is 0. The third-order valence-corrected chi connectivity index (χ3v) is 6.30. The highest BCUT2D eigenvalue weighted by Crippen LogP contribution is 2.41. The van der Waals surface area contributed by atoms with Gasteiger partial charge in [-0.15, -0.1) is 0 Å². The van der Waals surface area contributed by atoms with Crippen LogP contribution in [0.15, 0.2) is 48.5 Å². The van der Waals surface area contributed by atoms with Gasteiger partial charge in [-0.1, -0.05) is 31.2 Å². The fourth-order valence-electron chi connectivity index (χ4n) is 4.34. The van der Waals surface area contributed by atoms with Gasteiger partial charge in [0.25, 0.3) is 0 Å². The van der Waals surface area contributed by atoms with Crippen molar-refractivity contribution in [3.63, 3.8) is 0 Å². The third-order valence-electron chi connectivity index (χ3n) is 6.30. The SMILES string of the molecule is CCN(CC)c1ccc(/C=C/C2=[N+](C)c3ccccc3C2(C)CC)c(C)c1. The Morgan fingerprint density at radius 1 is 1.00 bits per heavy atom. The lowest BCUT2D eigenvalue weighted by Gasteiger charge is -2.22. The predicted molar refractivity (Wildman–Crippen MR) is 119 cm³/mol. The van der Waals surface area contributed by atoms with Gasteiger partial charge in [-0.25, -0.2) is 0 Å². The van der Waals surface area contributed by atoms with E-state index in [1.807, 2.05) is 0 Å². The van der Waals surface area contributed by atoms with E-state index in [0.29, 0.717) is 0 Å². The normalized spacial score (nSPS) is 19.0. The first-order valence-corrected chi connectivity index (χ1v) is 10.2. The van der Waals surface area contributed by atoms with Crippen LogP contribution in [0.2, 0.25) is 0 Å². The highest BCUT2D eigenvalue weighted by atomic mass is 15.1. The summed E-state index contributed by atoms with van der Waals surface area (Å²) in [6.45, 7) is 13.4. The van der Waals surface area contributed by atoms with E-state index in [0.717, 1.165) is 19.5 Å². The fraction of sp³-hybridized carbons (Fsp3) is 0.400. The van der Waals surface area contributed by atoms with Gasteiger partial charge < -0.3 is 4.90 Å². The monoisotopic (exact) mass is 361 g/mol. The molecular weight excluding hydrogens is 328 g/mol. The Labute approximate surface area is 164 Å². The molecule has 2 heteroatoms. The van der Waals surface area contributed by atoms with E-state index in [-0.39, 0.29) is 5.41 Å². The Morgan fingerprint density at radius 2 is 1.70 bits per heavy atom. The van der Waals surface area contributed by atoms with Gasteiger partial charge in [0, 0.05) is 36.5 Å². The van der Waals surface area contributed by atoms with Crippen molar-refractivity contribution >= 4 is 23.2 Å². The van der Waals surface area contributed by atoms with Crippen molar-refractivity contribution in [3.05, 3.63) is 65.2 Å². The lowest BCUT2D eigenvalue weighted by molar-refractivity contribution is -0.401. The number of allylic oxidation sites excluding steroid dienone is 1. The summed E-state index contributed by atoms with van der Waals surface area (Å²) >= 11 is 0. The standard InChI is InChI=1S/C25H33N2/c1-7-25(5)22-12-10-11-13-23(22)26(6)24(25)17-15-20-14-16-21(18-19(20)4)27(8-2)9-3/h10-18H,7-9H2,1-6H3/q+1. The minimum Gasteiger partial charge on any atom is -0.372 e. The van der Waals surface area contributed by atoms with Gasteiger partial charge in [-0.3, -0.25) is 0 Å². The van der Waals surface area contributed by atoms with Crippen LogP contribution in [-0.4, -0.2) is 30.4 Å². The summed E-state index contributed by atoms with van der Waals surface area (Å²) in [7, 11) is 2.19. The van der Waals surface area contributed by atoms with Crippen molar-refractivity contribution in [2.24, 2.45) is 0 Å². The number of fused-ring (bicyclic) bond motifs is 1. The molecule has 1 aliphatic heterocycles. The van der Waals surface area contributed by atoms with Crippen molar-refractivity contribution < 1.29 is 4.58 Å². The van der Waals surface area contributed by atoms with E-state index in [1.165, 1.54) is 33.8 Å². The molecule has 0 amide bonds. The average molecular weight is 362 g/mol. The minimum absolute atomic E-state index is 0.0664. The molecule has 0 radical (unpaired) electrons. The van der Waals surface area contributed by atoms with Crippen LogP contribution >= 0.6 is 0 Å². The van der Waals surface area contributed by atoms with Crippen molar-refractivity contribution in [2.75, 3.05) is 25.0 Å². The van der Waals surface area contributed by atoms with E-state index >= 15 is 0 Å². The Morgan fingerprint density at radius 3 is 2.33 bits per heavy atom. The van der Waals surface area contributed by atoms with Gasteiger partial charge >= 0.3 is 0 Å². The van der Waals surface area contributed by atoms with Crippen LogP contribution in [0.4, 0.5) is 11.4 Å². The molecule has 0 N–H and O–H groups in total. The zero-order valence-corrected chi connectivity index (χ0v) is 17.7. The number of aryl methyl sites for hydroxylation is 1. The van der Waals surface area contributed by atoms with Crippen LogP contribution < -0.4 is 4.90 Å². The second-order valence-corrected chi connectivity index (χ2v) is 7.69. The second-order valence-electron chi connectivity index (χ2n) is 7.69. The van der Waals surface area contributed by atoms with Gasteiger partial charge in [-0.05, 0) is 63.5 Å². The molecule has 0 saturated heterocycles. The number of para-hydroxylation sites is 1. The largest absolute Gasteiger partial charge is 0.372 e. The molecule has 0 saturated carbocycles. The average Bonchev–Trinajstić information content (AvgIpc) is 2.90. The minimum atomic E-state index is 0.0664. The summed E-state index contributed by atoms with van der Waals surface area (Å²) in [5, 5.41) is 0. The number of nitrogens with zero attached hydrogens (tertiary/aromatic N) is 2. The van der Waals surface area contributed by atoms with E-state index in [4.69, 9.17) is 0 Å². The molecule has 1 aliphatic rings. The number of hydrogen-bond acceptors (Lipinski definition) is 1. The molecule has 1 unspecified atom stereocenters.